The third-order valence-electron chi connectivity index (χ3n) is 8.04. The molecule has 0 bridgehead atoms. The van der Waals surface area contributed by atoms with Crippen molar-refractivity contribution in [1.82, 2.24) is 0 Å². The molecule has 0 aromatic heterocycles. The fraction of sp³-hybridized carbons (Fsp3) is 0.425. The van der Waals surface area contributed by atoms with Gasteiger partial charge in [-0.25, -0.2) is 0 Å². The first kappa shape index (κ1) is 36.5. The molecule has 0 fully saturated rings. The molecule has 0 aliphatic heterocycles. The Morgan fingerprint density at radius 3 is 1.66 bits per heavy atom. The third-order valence-corrected chi connectivity index (χ3v) is 8.04. The summed E-state index contributed by atoms with van der Waals surface area (Å²) in [7, 11) is 0. The minimum atomic E-state index is -0.941. The molecule has 4 heteroatoms. The molecular weight excluding hydrogens is 544 g/mol. The van der Waals surface area contributed by atoms with Gasteiger partial charge in [0.2, 0.25) is 0 Å². The second-order valence-electron chi connectivity index (χ2n) is 13.3. The lowest BCUT2D eigenvalue weighted by molar-refractivity contribution is -0.125. The lowest BCUT2D eigenvalue weighted by Gasteiger charge is -2.37. The minimum absolute atomic E-state index is 0.226. The van der Waals surface area contributed by atoms with Crippen LogP contribution < -0.4 is 0 Å². The van der Waals surface area contributed by atoms with Crippen LogP contribution in [0, 0.1) is 34.5 Å². The molecule has 0 aromatic rings. The first-order chi connectivity index (χ1) is 20.5. The molecule has 2 aliphatic rings. The van der Waals surface area contributed by atoms with Crippen LogP contribution in [0.4, 0.5) is 0 Å². The van der Waals surface area contributed by atoms with Crippen LogP contribution in [0.15, 0.2) is 105 Å². The maximum atomic E-state index is 12.2. The van der Waals surface area contributed by atoms with Crippen LogP contribution in [0.25, 0.3) is 0 Å². The summed E-state index contributed by atoms with van der Waals surface area (Å²) in [5.74, 6) is 12.5. The van der Waals surface area contributed by atoms with Crippen molar-refractivity contribution in [3.05, 3.63) is 105 Å². The molecule has 4 nitrogen and oxygen atoms in total. The van der Waals surface area contributed by atoms with Gasteiger partial charge >= 0.3 is 0 Å². The Bertz CT molecular complexity index is 1520. The molecule has 0 amide bonds. The molecule has 0 unspecified atom stereocenters. The second kappa shape index (κ2) is 15.9. The van der Waals surface area contributed by atoms with Crippen LogP contribution in [0.1, 0.15) is 82.1 Å². The molecule has 2 aliphatic carbocycles. The maximum Gasteiger partial charge on any atom is 0.187 e. The highest BCUT2D eigenvalue weighted by Gasteiger charge is 2.38. The molecule has 0 saturated carbocycles. The fourth-order valence-electron chi connectivity index (χ4n) is 5.42. The SMILES string of the molecule is CC1=C(C#C/C(C)=C/C=C/C(C)=C/C=C/C=C(C)/C=C/C=C(\C)C#CC2=C(C)[C@@H](O)[C@@H](O)CC2(C)C)C(C)(C)C[C@H](O)C1=O. The smallest absolute Gasteiger partial charge is 0.187 e. The summed E-state index contributed by atoms with van der Waals surface area (Å²) in [6, 6.07) is 0. The number of Topliss-reactive ketones (excluding diaryl/α,β-unsaturated/α-hetero) is 1. The van der Waals surface area contributed by atoms with Crippen LogP contribution in [-0.2, 0) is 4.79 Å². The number of aliphatic hydroxyl groups is 3. The van der Waals surface area contributed by atoms with Gasteiger partial charge in [-0.2, -0.15) is 0 Å². The van der Waals surface area contributed by atoms with Crippen molar-refractivity contribution in [2.24, 2.45) is 10.8 Å². The number of carbonyl (C=O) groups excluding carboxylic acids is 1. The predicted molar refractivity (Wildman–Crippen MR) is 183 cm³/mol. The largest absolute Gasteiger partial charge is 0.390 e. The van der Waals surface area contributed by atoms with Crippen LogP contribution in [0.3, 0.4) is 0 Å². The highest BCUT2D eigenvalue weighted by atomic mass is 16.3. The Labute approximate surface area is 265 Å². The Balaban J connectivity index is 1.98. The molecule has 234 valence electrons. The average molecular weight is 595 g/mol. The Morgan fingerprint density at radius 2 is 1.16 bits per heavy atom. The number of allylic oxidation sites excluding steroid dienone is 16. The van der Waals surface area contributed by atoms with Gasteiger partial charge in [0.05, 0.1) is 6.10 Å². The number of aliphatic hydroxyl groups excluding tert-OH is 3. The molecule has 0 aromatic carbocycles. The molecule has 0 radical (unpaired) electrons. The zero-order valence-corrected chi connectivity index (χ0v) is 28.2. The van der Waals surface area contributed by atoms with Crippen molar-refractivity contribution in [2.45, 2.75) is 100 Å². The Kier molecular flexibility index (Phi) is 13.2. The molecular formula is C40H50O4. The number of hydrogen-bond donors (Lipinski definition) is 3. The van der Waals surface area contributed by atoms with Gasteiger partial charge in [0.25, 0.3) is 0 Å². The van der Waals surface area contributed by atoms with Crippen molar-refractivity contribution in [3.8, 4) is 23.7 Å². The highest BCUT2D eigenvalue weighted by Crippen LogP contribution is 2.40. The molecule has 44 heavy (non-hydrogen) atoms. The van der Waals surface area contributed by atoms with Gasteiger partial charge in [0, 0.05) is 27.5 Å². The zero-order valence-electron chi connectivity index (χ0n) is 28.2. The van der Waals surface area contributed by atoms with Gasteiger partial charge in [-0.05, 0) is 71.1 Å². The topological polar surface area (TPSA) is 77.8 Å². The van der Waals surface area contributed by atoms with E-state index in [1.165, 1.54) is 0 Å². The molecule has 0 heterocycles. The van der Waals surface area contributed by atoms with Crippen LogP contribution in [-0.4, -0.2) is 39.4 Å². The van der Waals surface area contributed by atoms with Crippen LogP contribution in [0.5, 0.6) is 0 Å². The quantitative estimate of drug-likeness (QED) is 0.219. The van der Waals surface area contributed by atoms with E-state index in [1.54, 1.807) is 6.92 Å². The van der Waals surface area contributed by atoms with E-state index in [2.05, 4.69) is 37.5 Å². The summed E-state index contributed by atoms with van der Waals surface area (Å²) in [4.78, 5) is 12.2. The van der Waals surface area contributed by atoms with Crippen LogP contribution in [0.2, 0.25) is 0 Å². The highest BCUT2D eigenvalue weighted by molar-refractivity contribution is 6.00. The van der Waals surface area contributed by atoms with Crippen molar-refractivity contribution in [1.29, 1.82) is 0 Å². The van der Waals surface area contributed by atoms with Gasteiger partial charge in [0.15, 0.2) is 5.78 Å². The second-order valence-corrected chi connectivity index (χ2v) is 13.3. The molecule has 2 rings (SSSR count). The van der Waals surface area contributed by atoms with Crippen molar-refractivity contribution >= 4 is 5.78 Å². The summed E-state index contributed by atoms with van der Waals surface area (Å²) in [6.07, 6.45) is 18.3. The van der Waals surface area contributed by atoms with Gasteiger partial charge in [0.1, 0.15) is 12.2 Å². The molecule has 0 spiro atoms. The normalized spacial score (nSPS) is 25.1. The zero-order chi connectivity index (χ0) is 33.2. The van der Waals surface area contributed by atoms with Gasteiger partial charge in [-0.15, -0.1) is 0 Å². The summed E-state index contributed by atoms with van der Waals surface area (Å²) in [6.45, 7) is 19.7. The van der Waals surface area contributed by atoms with Crippen molar-refractivity contribution < 1.29 is 20.1 Å². The summed E-state index contributed by atoms with van der Waals surface area (Å²) < 4.78 is 0. The standard InChI is InChI=1S/C40H50O4/c1-27(17-13-19-29(3)21-23-33-31(5)37(43)35(41)25-39(33,7)8)15-11-12-16-28(2)18-14-20-30(4)22-24-34-32(6)38(44)36(42)26-40(34,9)10/h11-20,35-37,41-43H,25-26H2,1-10H3/b12-11+,17-13+,18-14+,27-15+,28-16+,29-19+,30-20+/t35-,36-,37+/m0/s1. The fourth-order valence-corrected chi connectivity index (χ4v) is 5.42. The maximum absolute atomic E-state index is 12.2. The van der Waals surface area contributed by atoms with Crippen molar-refractivity contribution in [3.63, 3.8) is 0 Å². The summed E-state index contributed by atoms with van der Waals surface area (Å²) in [5, 5.41) is 30.3. The predicted octanol–water partition coefficient (Wildman–Crippen LogP) is 7.59. The van der Waals surface area contributed by atoms with Gasteiger partial charge < -0.3 is 15.3 Å². The summed E-state index contributed by atoms with van der Waals surface area (Å²) >= 11 is 0. The Hall–Kier alpha value is -3.67. The lowest BCUT2D eigenvalue weighted by Crippen LogP contribution is -2.39. The average Bonchev–Trinajstić information content (AvgIpc) is 2.92. The molecule has 3 N–H and O–H groups in total. The van der Waals surface area contributed by atoms with E-state index in [0.29, 0.717) is 18.4 Å². The summed E-state index contributed by atoms with van der Waals surface area (Å²) in [5.41, 5.74) is 6.42. The van der Waals surface area contributed by atoms with Crippen molar-refractivity contribution in [2.75, 3.05) is 0 Å². The third kappa shape index (κ3) is 10.5. The minimum Gasteiger partial charge on any atom is -0.390 e. The first-order valence-electron chi connectivity index (χ1n) is 15.2. The van der Waals surface area contributed by atoms with E-state index in [-0.39, 0.29) is 16.6 Å². The molecule has 3 atom stereocenters. The number of ketones is 1. The van der Waals surface area contributed by atoms with E-state index in [1.807, 2.05) is 109 Å². The number of rotatable bonds is 6. The lowest BCUT2D eigenvalue weighted by atomic mass is 9.71. The van der Waals surface area contributed by atoms with Gasteiger partial charge in [-0.1, -0.05) is 123 Å². The van der Waals surface area contributed by atoms with Crippen LogP contribution >= 0.6 is 0 Å². The first-order valence-corrected chi connectivity index (χ1v) is 15.2. The number of carbonyl (C=O) groups is 1. The van der Waals surface area contributed by atoms with E-state index in [4.69, 9.17) is 0 Å². The monoisotopic (exact) mass is 594 g/mol. The number of hydrogen-bond acceptors (Lipinski definition) is 4. The Morgan fingerprint density at radius 1 is 0.705 bits per heavy atom. The molecule has 0 saturated heterocycles. The van der Waals surface area contributed by atoms with Gasteiger partial charge in [-0.3, -0.25) is 4.79 Å². The van der Waals surface area contributed by atoms with E-state index >= 15 is 0 Å². The van der Waals surface area contributed by atoms with E-state index in [9.17, 15) is 20.1 Å². The van der Waals surface area contributed by atoms with E-state index in [0.717, 1.165) is 39.0 Å². The van der Waals surface area contributed by atoms with E-state index < -0.39 is 18.3 Å².